The second-order valence-electron chi connectivity index (χ2n) is 4.31. The van der Waals surface area contributed by atoms with Crippen molar-refractivity contribution < 1.29 is 19.4 Å². The molecule has 0 aliphatic heterocycles. The summed E-state index contributed by atoms with van der Waals surface area (Å²) >= 11 is 1.64. The number of aliphatic carboxylic acids is 1. The van der Waals surface area contributed by atoms with E-state index in [9.17, 15) is 4.79 Å². The minimum atomic E-state index is -0.976. The van der Waals surface area contributed by atoms with E-state index in [1.807, 2.05) is 29.6 Å². The number of methoxy groups -OCH3 is 1. The van der Waals surface area contributed by atoms with Crippen LogP contribution in [0.5, 0.6) is 5.75 Å². The summed E-state index contributed by atoms with van der Waals surface area (Å²) < 4.78 is 10.9. The van der Waals surface area contributed by atoms with Gasteiger partial charge < -0.3 is 14.6 Å². The lowest BCUT2D eigenvalue weighted by Crippen LogP contribution is -1.97. The van der Waals surface area contributed by atoms with Gasteiger partial charge in [-0.25, -0.2) is 4.79 Å². The van der Waals surface area contributed by atoms with Crippen LogP contribution in [0.25, 0.3) is 6.08 Å². The maximum absolute atomic E-state index is 10.6. The largest absolute Gasteiger partial charge is 0.497 e. The van der Waals surface area contributed by atoms with Gasteiger partial charge in [0.2, 0.25) is 0 Å². The van der Waals surface area contributed by atoms with Crippen LogP contribution in [0.4, 0.5) is 0 Å². The predicted molar refractivity (Wildman–Crippen MR) is 82.5 cm³/mol. The minimum absolute atomic E-state index is 0.397. The van der Waals surface area contributed by atoms with Crippen LogP contribution < -0.4 is 4.74 Å². The van der Waals surface area contributed by atoms with E-state index in [0.717, 1.165) is 27.8 Å². The van der Waals surface area contributed by atoms with Gasteiger partial charge in [0.25, 0.3) is 0 Å². The van der Waals surface area contributed by atoms with Crippen molar-refractivity contribution in [1.82, 2.24) is 0 Å². The molecule has 0 unspecified atom stereocenters. The van der Waals surface area contributed by atoms with Crippen molar-refractivity contribution >= 4 is 23.4 Å². The molecule has 0 saturated heterocycles. The van der Waals surface area contributed by atoms with Gasteiger partial charge in [0, 0.05) is 11.0 Å². The monoisotopic (exact) mass is 304 g/mol. The lowest BCUT2D eigenvalue weighted by molar-refractivity contribution is -0.131. The molecular weight excluding hydrogens is 288 g/mol. The molecule has 1 aromatic heterocycles. The first kappa shape index (κ1) is 15.3. The van der Waals surface area contributed by atoms with Gasteiger partial charge in [0.15, 0.2) is 0 Å². The second-order valence-corrected chi connectivity index (χ2v) is 5.34. The van der Waals surface area contributed by atoms with Gasteiger partial charge in [0.1, 0.15) is 5.75 Å². The summed E-state index contributed by atoms with van der Waals surface area (Å²) in [4.78, 5) is 11.8. The molecule has 4 nitrogen and oxygen atoms in total. The number of hydrogen-bond donors (Lipinski definition) is 1. The van der Waals surface area contributed by atoms with E-state index in [1.54, 1.807) is 30.6 Å². The van der Waals surface area contributed by atoms with Crippen LogP contribution in [0.2, 0.25) is 0 Å². The predicted octanol–water partition coefficient (Wildman–Crippen LogP) is 3.57. The molecule has 110 valence electrons. The summed E-state index contributed by atoms with van der Waals surface area (Å²) in [6.07, 6.45) is 2.68. The summed E-state index contributed by atoms with van der Waals surface area (Å²) in [6.45, 7) is 0.936. The van der Waals surface area contributed by atoms with Crippen molar-refractivity contribution in [2.75, 3.05) is 7.11 Å². The lowest BCUT2D eigenvalue weighted by atomic mass is 10.1. The Bertz CT molecular complexity index is 617. The molecule has 1 N–H and O–H groups in total. The maximum Gasteiger partial charge on any atom is 0.328 e. The van der Waals surface area contributed by atoms with Crippen LogP contribution in [-0.2, 0) is 22.7 Å². The van der Waals surface area contributed by atoms with Gasteiger partial charge >= 0.3 is 5.97 Å². The third-order valence-corrected chi connectivity index (χ3v) is 3.69. The zero-order valence-electron chi connectivity index (χ0n) is 11.6. The number of thiophene rings is 1. The Labute approximate surface area is 127 Å². The average Bonchev–Trinajstić information content (AvgIpc) is 2.99. The first-order valence-corrected chi connectivity index (χ1v) is 7.25. The number of carbonyl (C=O) groups is 1. The Morgan fingerprint density at radius 2 is 2.19 bits per heavy atom. The first-order chi connectivity index (χ1) is 10.2. The third-order valence-electron chi connectivity index (χ3n) is 2.84. The van der Waals surface area contributed by atoms with Crippen LogP contribution >= 0.6 is 11.3 Å². The highest BCUT2D eigenvalue weighted by atomic mass is 32.1. The van der Waals surface area contributed by atoms with Crippen molar-refractivity contribution in [2.24, 2.45) is 0 Å². The molecule has 0 radical (unpaired) electrons. The fourth-order valence-electron chi connectivity index (χ4n) is 1.81. The molecule has 2 aromatic rings. The standard InChI is InChI=1S/C16H16O4S/c1-19-14-6-4-12(5-7-16(17)18)13(9-14)10-20-11-15-3-2-8-21-15/h2-9H,10-11H2,1H3,(H,17,18). The Morgan fingerprint density at radius 3 is 2.86 bits per heavy atom. The number of carboxylic acids is 1. The Morgan fingerprint density at radius 1 is 1.33 bits per heavy atom. The Kier molecular flexibility index (Phi) is 5.54. The van der Waals surface area contributed by atoms with E-state index in [2.05, 4.69) is 0 Å². The highest BCUT2D eigenvalue weighted by molar-refractivity contribution is 7.09. The Balaban J connectivity index is 2.08. The molecule has 0 aliphatic carbocycles. The number of carboxylic acid groups (broad SMARTS) is 1. The molecule has 0 atom stereocenters. The number of hydrogen-bond acceptors (Lipinski definition) is 4. The molecule has 0 aliphatic rings. The van der Waals surface area contributed by atoms with E-state index in [-0.39, 0.29) is 0 Å². The molecule has 1 aromatic carbocycles. The van der Waals surface area contributed by atoms with Crippen molar-refractivity contribution in [3.8, 4) is 5.75 Å². The maximum atomic E-state index is 10.6. The molecule has 1 heterocycles. The van der Waals surface area contributed by atoms with Gasteiger partial charge in [-0.3, -0.25) is 0 Å². The summed E-state index contributed by atoms with van der Waals surface area (Å²) in [7, 11) is 1.60. The summed E-state index contributed by atoms with van der Waals surface area (Å²) in [5.41, 5.74) is 1.70. The lowest BCUT2D eigenvalue weighted by Gasteiger charge is -2.09. The van der Waals surface area contributed by atoms with Crippen molar-refractivity contribution in [3.63, 3.8) is 0 Å². The van der Waals surface area contributed by atoms with Crippen LogP contribution in [0.1, 0.15) is 16.0 Å². The fourth-order valence-corrected chi connectivity index (χ4v) is 2.45. The topological polar surface area (TPSA) is 55.8 Å². The molecule has 2 rings (SSSR count). The van der Waals surface area contributed by atoms with Gasteiger partial charge in [-0.1, -0.05) is 12.1 Å². The molecule has 0 bridgehead atoms. The molecule has 0 spiro atoms. The highest BCUT2D eigenvalue weighted by Crippen LogP contribution is 2.21. The smallest absolute Gasteiger partial charge is 0.328 e. The molecule has 0 fully saturated rings. The summed E-state index contributed by atoms with van der Waals surface area (Å²) in [5, 5.41) is 10.7. The van der Waals surface area contributed by atoms with Crippen LogP contribution in [-0.4, -0.2) is 18.2 Å². The van der Waals surface area contributed by atoms with Crippen molar-refractivity contribution in [1.29, 1.82) is 0 Å². The zero-order chi connectivity index (χ0) is 15.1. The van der Waals surface area contributed by atoms with Crippen LogP contribution in [0, 0.1) is 0 Å². The van der Waals surface area contributed by atoms with E-state index in [1.165, 1.54) is 0 Å². The quantitative estimate of drug-likeness (QED) is 0.795. The van der Waals surface area contributed by atoms with Crippen molar-refractivity contribution in [2.45, 2.75) is 13.2 Å². The third kappa shape index (κ3) is 4.73. The zero-order valence-corrected chi connectivity index (χ0v) is 12.4. The summed E-state index contributed by atoms with van der Waals surface area (Å²) in [5.74, 6) is -0.256. The first-order valence-electron chi connectivity index (χ1n) is 6.37. The second kappa shape index (κ2) is 7.61. The van der Waals surface area contributed by atoms with Gasteiger partial charge in [-0.15, -0.1) is 11.3 Å². The normalized spacial score (nSPS) is 10.9. The molecule has 0 saturated carbocycles. The van der Waals surface area contributed by atoms with E-state index < -0.39 is 5.97 Å². The molecule has 21 heavy (non-hydrogen) atoms. The fraction of sp³-hybridized carbons (Fsp3) is 0.188. The Hall–Kier alpha value is -2.11. The van der Waals surface area contributed by atoms with Crippen LogP contribution in [0.3, 0.4) is 0 Å². The molecular formula is C16H16O4S. The molecule has 0 amide bonds. The molecule has 5 heteroatoms. The number of rotatable bonds is 7. The van der Waals surface area contributed by atoms with E-state index >= 15 is 0 Å². The summed E-state index contributed by atoms with van der Waals surface area (Å²) in [6, 6.07) is 9.47. The van der Waals surface area contributed by atoms with Gasteiger partial charge in [0.05, 0.1) is 20.3 Å². The number of ether oxygens (including phenoxy) is 2. The van der Waals surface area contributed by atoms with Crippen LogP contribution in [0.15, 0.2) is 41.8 Å². The minimum Gasteiger partial charge on any atom is -0.497 e. The average molecular weight is 304 g/mol. The van der Waals surface area contributed by atoms with E-state index in [4.69, 9.17) is 14.6 Å². The SMILES string of the molecule is COc1ccc(C=CC(=O)O)c(COCc2cccs2)c1. The van der Waals surface area contributed by atoms with Crippen molar-refractivity contribution in [3.05, 3.63) is 57.8 Å². The van der Waals surface area contributed by atoms with E-state index in [0.29, 0.717) is 13.2 Å². The highest BCUT2D eigenvalue weighted by Gasteiger charge is 2.04. The van der Waals surface area contributed by atoms with Gasteiger partial charge in [-0.05, 0) is 40.8 Å². The number of benzene rings is 1. The van der Waals surface area contributed by atoms with Gasteiger partial charge in [-0.2, -0.15) is 0 Å².